The Hall–Kier alpha value is -1.60. The van der Waals surface area contributed by atoms with Gasteiger partial charge in [0, 0.05) is 19.3 Å². The lowest BCUT2D eigenvalue weighted by molar-refractivity contribution is 0.602. The molecule has 1 unspecified atom stereocenters. The Morgan fingerprint density at radius 1 is 1.67 bits per heavy atom. The zero-order valence-corrected chi connectivity index (χ0v) is 8.56. The standard InChI is InChI=1S/C11H14N4/c12-6-9-3-5-15(8-9)11-10(7-13)2-1-4-14-11/h1-2,4,9H,3,5-6,8,12H2. The topological polar surface area (TPSA) is 65.9 Å². The zero-order valence-electron chi connectivity index (χ0n) is 8.56. The number of hydrogen-bond donors (Lipinski definition) is 1. The number of nitrogens with zero attached hydrogens (tertiary/aromatic N) is 3. The van der Waals surface area contributed by atoms with Crippen LogP contribution in [0.1, 0.15) is 12.0 Å². The van der Waals surface area contributed by atoms with Gasteiger partial charge < -0.3 is 10.6 Å². The molecule has 0 radical (unpaired) electrons. The molecule has 1 saturated heterocycles. The molecule has 4 nitrogen and oxygen atoms in total. The van der Waals surface area contributed by atoms with Crippen LogP contribution in [0.25, 0.3) is 0 Å². The van der Waals surface area contributed by atoms with Gasteiger partial charge in [0.25, 0.3) is 0 Å². The van der Waals surface area contributed by atoms with E-state index < -0.39 is 0 Å². The minimum absolute atomic E-state index is 0.540. The Balaban J connectivity index is 2.20. The first kappa shape index (κ1) is 9.94. The molecule has 1 fully saturated rings. The molecule has 1 aliphatic heterocycles. The Kier molecular flexibility index (Phi) is 2.84. The van der Waals surface area contributed by atoms with E-state index in [1.54, 1.807) is 18.3 Å². The van der Waals surface area contributed by atoms with Crippen molar-refractivity contribution in [1.29, 1.82) is 5.26 Å². The second-order valence-electron chi connectivity index (χ2n) is 3.82. The monoisotopic (exact) mass is 202 g/mol. The smallest absolute Gasteiger partial charge is 0.146 e. The van der Waals surface area contributed by atoms with E-state index in [1.165, 1.54) is 0 Å². The molecule has 2 rings (SSSR count). The third kappa shape index (κ3) is 1.92. The van der Waals surface area contributed by atoms with Crippen molar-refractivity contribution in [3.63, 3.8) is 0 Å². The molecule has 1 aromatic rings. The number of nitrogens with two attached hydrogens (primary N) is 1. The van der Waals surface area contributed by atoms with E-state index in [0.717, 1.165) is 25.3 Å². The second-order valence-corrected chi connectivity index (χ2v) is 3.82. The van der Waals surface area contributed by atoms with Crippen LogP contribution in [0.15, 0.2) is 18.3 Å². The molecule has 2 N–H and O–H groups in total. The van der Waals surface area contributed by atoms with Gasteiger partial charge in [-0.1, -0.05) is 0 Å². The lowest BCUT2D eigenvalue weighted by atomic mass is 10.1. The van der Waals surface area contributed by atoms with Crippen molar-refractivity contribution < 1.29 is 0 Å². The number of hydrogen-bond acceptors (Lipinski definition) is 4. The van der Waals surface area contributed by atoms with Crippen LogP contribution in [0.5, 0.6) is 0 Å². The molecule has 0 bridgehead atoms. The van der Waals surface area contributed by atoms with Crippen LogP contribution in [-0.2, 0) is 0 Å². The van der Waals surface area contributed by atoms with Gasteiger partial charge in [0.1, 0.15) is 11.9 Å². The van der Waals surface area contributed by atoms with Gasteiger partial charge in [0.15, 0.2) is 0 Å². The van der Waals surface area contributed by atoms with Crippen LogP contribution in [0.2, 0.25) is 0 Å². The maximum absolute atomic E-state index is 8.96. The summed E-state index contributed by atoms with van der Waals surface area (Å²) in [5.74, 6) is 1.34. The molecule has 1 aliphatic rings. The molecule has 0 spiro atoms. The van der Waals surface area contributed by atoms with E-state index >= 15 is 0 Å². The van der Waals surface area contributed by atoms with Crippen molar-refractivity contribution in [3.8, 4) is 6.07 Å². The number of pyridine rings is 1. The number of anilines is 1. The van der Waals surface area contributed by atoms with Crippen LogP contribution in [0.3, 0.4) is 0 Å². The Morgan fingerprint density at radius 2 is 2.53 bits per heavy atom. The van der Waals surface area contributed by atoms with Crippen molar-refractivity contribution in [2.45, 2.75) is 6.42 Å². The lowest BCUT2D eigenvalue weighted by Gasteiger charge is -2.17. The molecule has 4 heteroatoms. The molecule has 1 atom stereocenters. The average Bonchev–Trinajstić information content (AvgIpc) is 2.77. The predicted octanol–water partition coefficient (Wildman–Crippen LogP) is 0.738. The summed E-state index contributed by atoms with van der Waals surface area (Å²) in [7, 11) is 0. The normalized spacial score (nSPS) is 20.3. The summed E-state index contributed by atoms with van der Waals surface area (Å²) in [5.41, 5.74) is 6.28. The number of aromatic nitrogens is 1. The first-order valence-corrected chi connectivity index (χ1v) is 5.15. The highest BCUT2D eigenvalue weighted by Crippen LogP contribution is 2.23. The summed E-state index contributed by atoms with van der Waals surface area (Å²) in [6.45, 7) is 2.58. The van der Waals surface area contributed by atoms with Crippen LogP contribution in [-0.4, -0.2) is 24.6 Å². The van der Waals surface area contributed by atoms with Crippen molar-refractivity contribution in [2.24, 2.45) is 11.7 Å². The van der Waals surface area contributed by atoms with Crippen molar-refractivity contribution in [2.75, 3.05) is 24.5 Å². The second kappa shape index (κ2) is 4.28. The van der Waals surface area contributed by atoms with E-state index in [4.69, 9.17) is 11.0 Å². The van der Waals surface area contributed by atoms with Gasteiger partial charge in [-0.25, -0.2) is 4.98 Å². The highest BCUT2D eigenvalue weighted by atomic mass is 15.2. The van der Waals surface area contributed by atoms with Crippen molar-refractivity contribution in [3.05, 3.63) is 23.9 Å². The van der Waals surface area contributed by atoms with Crippen LogP contribution >= 0.6 is 0 Å². The molecule has 0 amide bonds. The van der Waals surface area contributed by atoms with Crippen LogP contribution in [0.4, 0.5) is 5.82 Å². The molecule has 15 heavy (non-hydrogen) atoms. The third-order valence-corrected chi connectivity index (χ3v) is 2.83. The van der Waals surface area contributed by atoms with Crippen LogP contribution < -0.4 is 10.6 Å². The van der Waals surface area contributed by atoms with Gasteiger partial charge in [0.05, 0.1) is 5.56 Å². The fourth-order valence-electron chi connectivity index (χ4n) is 1.95. The van der Waals surface area contributed by atoms with Crippen molar-refractivity contribution >= 4 is 5.82 Å². The van der Waals surface area contributed by atoms with Gasteiger partial charge in [-0.3, -0.25) is 0 Å². The quantitative estimate of drug-likeness (QED) is 0.768. The summed E-state index contributed by atoms with van der Waals surface area (Å²) < 4.78 is 0. The minimum atomic E-state index is 0.540. The molecule has 78 valence electrons. The van der Waals surface area contributed by atoms with E-state index in [1.807, 2.05) is 0 Å². The largest absolute Gasteiger partial charge is 0.355 e. The summed E-state index contributed by atoms with van der Waals surface area (Å²) in [5, 5.41) is 8.96. The van der Waals surface area contributed by atoms with E-state index in [-0.39, 0.29) is 0 Å². The first-order chi connectivity index (χ1) is 7.35. The summed E-state index contributed by atoms with van der Waals surface area (Å²) >= 11 is 0. The third-order valence-electron chi connectivity index (χ3n) is 2.83. The average molecular weight is 202 g/mol. The van der Waals surface area contributed by atoms with Gasteiger partial charge in [-0.15, -0.1) is 0 Å². The number of nitriles is 1. The van der Waals surface area contributed by atoms with Crippen LogP contribution in [0, 0.1) is 17.2 Å². The molecular weight excluding hydrogens is 188 g/mol. The Labute approximate surface area is 89.3 Å². The highest BCUT2D eigenvalue weighted by Gasteiger charge is 2.23. The fourth-order valence-corrected chi connectivity index (χ4v) is 1.95. The summed E-state index contributed by atoms with van der Waals surface area (Å²) in [6, 6.07) is 5.76. The lowest BCUT2D eigenvalue weighted by Crippen LogP contribution is -2.24. The highest BCUT2D eigenvalue weighted by molar-refractivity contribution is 5.54. The first-order valence-electron chi connectivity index (χ1n) is 5.15. The van der Waals surface area contributed by atoms with E-state index in [0.29, 0.717) is 18.0 Å². The molecule has 0 aliphatic carbocycles. The van der Waals surface area contributed by atoms with Gasteiger partial charge >= 0.3 is 0 Å². The number of rotatable bonds is 2. The molecule has 0 aromatic carbocycles. The maximum atomic E-state index is 8.96. The Bertz CT molecular complexity index is 382. The van der Waals surface area contributed by atoms with E-state index in [2.05, 4.69) is 16.0 Å². The summed E-state index contributed by atoms with van der Waals surface area (Å²) in [4.78, 5) is 6.41. The van der Waals surface area contributed by atoms with E-state index in [9.17, 15) is 0 Å². The van der Waals surface area contributed by atoms with Gasteiger partial charge in [0.2, 0.25) is 0 Å². The summed E-state index contributed by atoms with van der Waals surface area (Å²) in [6.07, 6.45) is 2.82. The minimum Gasteiger partial charge on any atom is -0.355 e. The fraction of sp³-hybridized carbons (Fsp3) is 0.455. The Morgan fingerprint density at radius 3 is 3.20 bits per heavy atom. The molecule has 2 heterocycles. The molecule has 1 aromatic heterocycles. The molecule has 0 saturated carbocycles. The molecular formula is C11H14N4. The maximum Gasteiger partial charge on any atom is 0.146 e. The van der Waals surface area contributed by atoms with Gasteiger partial charge in [-0.05, 0) is 31.0 Å². The zero-order chi connectivity index (χ0) is 10.7. The van der Waals surface area contributed by atoms with Gasteiger partial charge in [-0.2, -0.15) is 5.26 Å². The van der Waals surface area contributed by atoms with Crippen molar-refractivity contribution in [1.82, 2.24) is 4.98 Å². The SMILES string of the molecule is N#Cc1cccnc1N1CCC(CN)C1. The predicted molar refractivity (Wildman–Crippen MR) is 58.3 cm³/mol.